The maximum absolute atomic E-state index is 5.46. The number of aromatic nitrogens is 3. The summed E-state index contributed by atoms with van der Waals surface area (Å²) in [6, 6.07) is 11.3. The van der Waals surface area contributed by atoms with E-state index >= 15 is 0 Å². The first-order valence-electron chi connectivity index (χ1n) is 8.73. The van der Waals surface area contributed by atoms with E-state index in [9.17, 15) is 0 Å². The highest BCUT2D eigenvalue weighted by atomic mass is 32.1. The summed E-state index contributed by atoms with van der Waals surface area (Å²) in [6.45, 7) is 0. The zero-order valence-corrected chi connectivity index (χ0v) is 17.4. The standard InChI is InChI=1S/C20H22N4O4S/c1-25-14-7-5-13(6-8-14)9-19-22-23-20(29)24(19)21-12-16-17(27-3)10-15(26-2)11-18(16)28-4/h5-8,10-12H,9H2,1-4H3,(H,23,29). The third-order valence-corrected chi connectivity index (χ3v) is 4.56. The predicted octanol–water partition coefficient (Wildman–Crippen LogP) is 3.45. The van der Waals surface area contributed by atoms with Gasteiger partial charge >= 0.3 is 0 Å². The second-order valence-corrected chi connectivity index (χ2v) is 6.36. The summed E-state index contributed by atoms with van der Waals surface area (Å²) in [4.78, 5) is 0. The summed E-state index contributed by atoms with van der Waals surface area (Å²) in [7, 11) is 6.36. The van der Waals surface area contributed by atoms with Gasteiger partial charge in [-0.3, -0.25) is 5.10 Å². The van der Waals surface area contributed by atoms with E-state index < -0.39 is 0 Å². The second-order valence-electron chi connectivity index (χ2n) is 5.97. The van der Waals surface area contributed by atoms with Crippen LogP contribution in [0.5, 0.6) is 23.0 Å². The Bertz CT molecular complexity index is 1030. The minimum Gasteiger partial charge on any atom is -0.497 e. The molecule has 0 unspecified atom stereocenters. The number of hydrogen-bond donors (Lipinski definition) is 1. The predicted molar refractivity (Wildman–Crippen MR) is 112 cm³/mol. The van der Waals surface area contributed by atoms with Gasteiger partial charge < -0.3 is 18.9 Å². The molecule has 0 saturated heterocycles. The fourth-order valence-corrected chi connectivity index (χ4v) is 2.96. The number of nitrogens with zero attached hydrogens (tertiary/aromatic N) is 3. The molecule has 0 radical (unpaired) electrons. The molecule has 0 atom stereocenters. The zero-order chi connectivity index (χ0) is 20.8. The lowest BCUT2D eigenvalue weighted by Gasteiger charge is -2.12. The van der Waals surface area contributed by atoms with Crippen LogP contribution in [-0.4, -0.2) is 49.5 Å². The van der Waals surface area contributed by atoms with Crippen LogP contribution in [0.4, 0.5) is 0 Å². The van der Waals surface area contributed by atoms with E-state index in [0.29, 0.717) is 39.8 Å². The highest BCUT2D eigenvalue weighted by molar-refractivity contribution is 7.71. The van der Waals surface area contributed by atoms with Gasteiger partial charge in [0.2, 0.25) is 4.77 Å². The summed E-state index contributed by atoms with van der Waals surface area (Å²) >= 11 is 5.33. The average molecular weight is 414 g/mol. The molecule has 0 aliphatic carbocycles. The van der Waals surface area contributed by atoms with E-state index in [1.165, 1.54) is 0 Å². The monoisotopic (exact) mass is 414 g/mol. The summed E-state index contributed by atoms with van der Waals surface area (Å²) < 4.78 is 23.3. The van der Waals surface area contributed by atoms with Crippen molar-refractivity contribution in [1.29, 1.82) is 0 Å². The van der Waals surface area contributed by atoms with Crippen molar-refractivity contribution in [2.24, 2.45) is 5.10 Å². The lowest BCUT2D eigenvalue weighted by atomic mass is 10.1. The molecule has 0 bridgehead atoms. The summed E-state index contributed by atoms with van der Waals surface area (Å²) in [5.74, 6) is 3.22. The van der Waals surface area contributed by atoms with Crippen LogP contribution in [0.3, 0.4) is 0 Å². The van der Waals surface area contributed by atoms with Crippen molar-refractivity contribution in [2.45, 2.75) is 6.42 Å². The van der Waals surface area contributed by atoms with E-state index in [4.69, 9.17) is 31.2 Å². The molecule has 9 heteroatoms. The van der Waals surface area contributed by atoms with Crippen LogP contribution in [0.1, 0.15) is 17.0 Å². The first kappa shape index (κ1) is 20.4. The highest BCUT2D eigenvalue weighted by Gasteiger charge is 2.13. The molecule has 0 spiro atoms. The van der Waals surface area contributed by atoms with Gasteiger partial charge in [-0.1, -0.05) is 12.1 Å². The molecule has 3 aromatic rings. The van der Waals surface area contributed by atoms with E-state index in [1.807, 2.05) is 24.3 Å². The van der Waals surface area contributed by atoms with E-state index in [1.54, 1.807) is 51.5 Å². The van der Waals surface area contributed by atoms with Crippen molar-refractivity contribution in [3.63, 3.8) is 0 Å². The van der Waals surface area contributed by atoms with Crippen molar-refractivity contribution in [3.05, 3.63) is 58.1 Å². The van der Waals surface area contributed by atoms with E-state index in [0.717, 1.165) is 11.3 Å². The van der Waals surface area contributed by atoms with Crippen LogP contribution in [-0.2, 0) is 6.42 Å². The molecule has 8 nitrogen and oxygen atoms in total. The van der Waals surface area contributed by atoms with Gasteiger partial charge in [0.25, 0.3) is 0 Å². The van der Waals surface area contributed by atoms with Crippen LogP contribution in [0.2, 0.25) is 0 Å². The Morgan fingerprint density at radius 2 is 1.59 bits per heavy atom. The van der Waals surface area contributed by atoms with Gasteiger partial charge in [-0.05, 0) is 29.9 Å². The number of benzene rings is 2. The van der Waals surface area contributed by atoms with Gasteiger partial charge in [0.1, 0.15) is 23.0 Å². The van der Waals surface area contributed by atoms with Gasteiger partial charge in [0, 0.05) is 18.6 Å². The number of rotatable bonds is 8. The third-order valence-electron chi connectivity index (χ3n) is 4.29. The van der Waals surface area contributed by atoms with Crippen LogP contribution in [0.25, 0.3) is 0 Å². The Labute approximate surface area is 173 Å². The number of H-pyrrole nitrogens is 1. The molecular formula is C20H22N4O4S. The topological polar surface area (TPSA) is 82.9 Å². The maximum Gasteiger partial charge on any atom is 0.216 e. The van der Waals surface area contributed by atoms with Gasteiger partial charge in [-0.15, -0.1) is 0 Å². The molecule has 0 amide bonds. The quantitative estimate of drug-likeness (QED) is 0.449. The Hall–Kier alpha value is -3.33. The van der Waals surface area contributed by atoms with Crippen LogP contribution in [0.15, 0.2) is 41.5 Å². The van der Waals surface area contributed by atoms with Crippen molar-refractivity contribution < 1.29 is 18.9 Å². The van der Waals surface area contributed by atoms with Gasteiger partial charge in [0.15, 0.2) is 5.82 Å². The number of hydrogen-bond acceptors (Lipinski definition) is 7. The van der Waals surface area contributed by atoms with Gasteiger partial charge in [-0.2, -0.15) is 14.9 Å². The Morgan fingerprint density at radius 1 is 0.966 bits per heavy atom. The minimum absolute atomic E-state index is 0.385. The van der Waals surface area contributed by atoms with Gasteiger partial charge in [0.05, 0.1) is 40.2 Å². The number of aromatic amines is 1. The van der Waals surface area contributed by atoms with Crippen LogP contribution < -0.4 is 18.9 Å². The molecule has 0 fully saturated rings. The molecular weight excluding hydrogens is 392 g/mol. The van der Waals surface area contributed by atoms with Crippen LogP contribution in [0, 0.1) is 4.77 Å². The van der Waals surface area contributed by atoms with Gasteiger partial charge in [-0.25, -0.2) is 0 Å². The molecule has 0 aliphatic rings. The van der Waals surface area contributed by atoms with E-state index in [-0.39, 0.29) is 0 Å². The zero-order valence-electron chi connectivity index (χ0n) is 16.6. The lowest BCUT2D eigenvalue weighted by Crippen LogP contribution is -2.02. The second kappa shape index (κ2) is 9.24. The number of nitrogens with one attached hydrogen (secondary N) is 1. The third kappa shape index (κ3) is 4.57. The van der Waals surface area contributed by atoms with Crippen molar-refractivity contribution in [1.82, 2.24) is 14.9 Å². The Balaban J connectivity index is 1.94. The molecule has 0 saturated carbocycles. The van der Waals surface area contributed by atoms with Crippen LogP contribution >= 0.6 is 12.2 Å². The van der Waals surface area contributed by atoms with E-state index in [2.05, 4.69) is 15.3 Å². The molecule has 1 heterocycles. The first-order valence-corrected chi connectivity index (χ1v) is 9.14. The molecule has 1 N–H and O–H groups in total. The Kier molecular flexibility index (Phi) is 6.50. The first-order chi connectivity index (χ1) is 14.1. The summed E-state index contributed by atoms with van der Waals surface area (Å²) in [5, 5.41) is 11.6. The average Bonchev–Trinajstić information content (AvgIpc) is 3.11. The Morgan fingerprint density at radius 3 is 2.14 bits per heavy atom. The normalized spacial score (nSPS) is 10.9. The van der Waals surface area contributed by atoms with Crippen molar-refractivity contribution in [3.8, 4) is 23.0 Å². The minimum atomic E-state index is 0.385. The maximum atomic E-state index is 5.46. The largest absolute Gasteiger partial charge is 0.497 e. The molecule has 152 valence electrons. The highest BCUT2D eigenvalue weighted by Crippen LogP contribution is 2.32. The fourth-order valence-electron chi connectivity index (χ4n) is 2.76. The van der Waals surface area contributed by atoms with Crippen molar-refractivity contribution >= 4 is 18.4 Å². The summed E-state index contributed by atoms with van der Waals surface area (Å²) in [6.07, 6.45) is 2.17. The number of methoxy groups -OCH3 is 4. The summed E-state index contributed by atoms with van der Waals surface area (Å²) in [5.41, 5.74) is 1.71. The SMILES string of the molecule is COc1ccc(Cc2n[nH]c(=S)n2N=Cc2c(OC)cc(OC)cc2OC)cc1. The molecule has 0 aliphatic heterocycles. The fraction of sp³-hybridized carbons (Fsp3) is 0.250. The molecule has 3 rings (SSSR count). The molecule has 1 aromatic heterocycles. The molecule has 29 heavy (non-hydrogen) atoms. The number of ether oxygens (including phenoxy) is 4. The lowest BCUT2D eigenvalue weighted by molar-refractivity contribution is 0.374. The smallest absolute Gasteiger partial charge is 0.216 e. The van der Waals surface area contributed by atoms with Crippen molar-refractivity contribution in [2.75, 3.05) is 28.4 Å². The molecule has 2 aromatic carbocycles.